The van der Waals surface area contributed by atoms with Gasteiger partial charge in [-0.3, -0.25) is 9.59 Å². The highest BCUT2D eigenvalue weighted by Gasteiger charge is 2.11. The Morgan fingerprint density at radius 3 is 2.60 bits per heavy atom. The third-order valence-corrected chi connectivity index (χ3v) is 1.72. The van der Waals surface area contributed by atoms with Gasteiger partial charge in [-0.2, -0.15) is 0 Å². The number of hydrogen-bond donors (Lipinski definition) is 3. The minimum absolute atomic E-state index is 0.0480. The van der Waals surface area contributed by atoms with Crippen molar-refractivity contribution in [3.05, 3.63) is 33.7 Å². The quantitative estimate of drug-likeness (QED) is 0.644. The summed E-state index contributed by atoms with van der Waals surface area (Å²) >= 11 is 0. The second kappa shape index (κ2) is 4.41. The summed E-state index contributed by atoms with van der Waals surface area (Å²) < 4.78 is 0. The molecule has 0 spiro atoms. The number of carbonyl (C=O) groups excluding carboxylic acids is 1. The van der Waals surface area contributed by atoms with E-state index in [4.69, 9.17) is 5.11 Å². The van der Waals surface area contributed by atoms with Crippen LogP contribution in [0.2, 0.25) is 0 Å². The van der Waals surface area contributed by atoms with Gasteiger partial charge in [0.1, 0.15) is 11.3 Å². The van der Waals surface area contributed by atoms with Gasteiger partial charge in [-0.15, -0.1) is 0 Å². The highest BCUT2D eigenvalue weighted by molar-refractivity contribution is 5.93. The molecule has 1 rings (SSSR count). The molecule has 0 fully saturated rings. The van der Waals surface area contributed by atoms with Gasteiger partial charge in [-0.05, 0) is 19.1 Å². The summed E-state index contributed by atoms with van der Waals surface area (Å²) in [6, 6.07) is 2.36. The Balaban J connectivity index is 3.07. The smallest absolute Gasteiger partial charge is 0.341 e. The molecule has 0 radical (unpaired) electrons. The molecule has 1 aromatic heterocycles. The van der Waals surface area contributed by atoms with Crippen LogP contribution >= 0.6 is 0 Å². The number of aromatic amines is 1. The van der Waals surface area contributed by atoms with Gasteiger partial charge in [0.2, 0.25) is 0 Å². The fourth-order valence-electron chi connectivity index (χ4n) is 1.03. The van der Waals surface area contributed by atoms with Crippen molar-refractivity contribution in [3.8, 4) is 0 Å². The van der Waals surface area contributed by atoms with Crippen molar-refractivity contribution < 1.29 is 14.7 Å². The molecule has 0 saturated carbocycles. The number of pyridine rings is 1. The number of carboxylic acid groups (broad SMARTS) is 1. The molecule has 0 aliphatic carbocycles. The maximum atomic E-state index is 11.2. The average Bonchev–Trinajstić information content (AvgIpc) is 2.17. The number of nitrogens with one attached hydrogen (secondary N) is 2. The number of H-pyrrole nitrogens is 1. The zero-order valence-corrected chi connectivity index (χ0v) is 8.03. The lowest BCUT2D eigenvalue weighted by atomic mass is 10.2. The van der Waals surface area contributed by atoms with E-state index in [0.29, 0.717) is 6.54 Å². The summed E-state index contributed by atoms with van der Waals surface area (Å²) in [4.78, 5) is 35.1. The number of carboxylic acids is 1. The third kappa shape index (κ3) is 2.43. The van der Waals surface area contributed by atoms with Crippen LogP contribution in [-0.4, -0.2) is 28.5 Å². The topological polar surface area (TPSA) is 99.3 Å². The standard InChI is InChI=1S/C9H10N2O4/c1-2-10-8(13)6-4-3-5(9(14)15)7(12)11-6/h3-4H,2H2,1H3,(H,10,13)(H,11,12)(H,14,15). The van der Waals surface area contributed by atoms with Gasteiger partial charge in [-0.1, -0.05) is 0 Å². The predicted octanol–water partition coefficient (Wildman–Crippen LogP) is -0.177. The van der Waals surface area contributed by atoms with E-state index in [-0.39, 0.29) is 11.3 Å². The number of rotatable bonds is 3. The molecule has 1 aromatic rings. The SMILES string of the molecule is CCNC(=O)c1ccc(C(=O)O)c(=O)[nH]1. The molecule has 80 valence electrons. The maximum absolute atomic E-state index is 11.2. The van der Waals surface area contributed by atoms with Crippen molar-refractivity contribution in [3.63, 3.8) is 0 Å². The Kier molecular flexibility index (Phi) is 3.22. The first kappa shape index (κ1) is 11.0. The number of aromatic carboxylic acids is 1. The van der Waals surface area contributed by atoms with Crippen molar-refractivity contribution in [2.75, 3.05) is 6.54 Å². The first-order valence-electron chi connectivity index (χ1n) is 4.31. The van der Waals surface area contributed by atoms with E-state index >= 15 is 0 Å². The zero-order chi connectivity index (χ0) is 11.4. The van der Waals surface area contributed by atoms with Gasteiger partial charge in [0.25, 0.3) is 11.5 Å². The first-order valence-corrected chi connectivity index (χ1v) is 4.31. The molecule has 0 bridgehead atoms. The molecule has 15 heavy (non-hydrogen) atoms. The molecule has 0 aliphatic heterocycles. The van der Waals surface area contributed by atoms with Crippen molar-refractivity contribution in [1.29, 1.82) is 0 Å². The minimum Gasteiger partial charge on any atom is -0.477 e. The molecule has 0 atom stereocenters. The van der Waals surface area contributed by atoms with Gasteiger partial charge in [0.05, 0.1) is 0 Å². The highest BCUT2D eigenvalue weighted by atomic mass is 16.4. The maximum Gasteiger partial charge on any atom is 0.341 e. The molecule has 6 nitrogen and oxygen atoms in total. The number of amides is 1. The Bertz CT molecular complexity index is 450. The molecular formula is C9H10N2O4. The van der Waals surface area contributed by atoms with E-state index in [1.54, 1.807) is 6.92 Å². The predicted molar refractivity (Wildman–Crippen MR) is 52.0 cm³/mol. The molecule has 0 unspecified atom stereocenters. The van der Waals surface area contributed by atoms with Crippen LogP contribution in [0.15, 0.2) is 16.9 Å². The molecule has 3 N–H and O–H groups in total. The molecular weight excluding hydrogens is 200 g/mol. The molecule has 0 saturated heterocycles. The normalized spacial score (nSPS) is 9.67. The Morgan fingerprint density at radius 2 is 2.13 bits per heavy atom. The molecule has 0 aromatic carbocycles. The van der Waals surface area contributed by atoms with Crippen LogP contribution in [0.1, 0.15) is 27.8 Å². The van der Waals surface area contributed by atoms with E-state index in [1.165, 1.54) is 6.07 Å². The fourth-order valence-corrected chi connectivity index (χ4v) is 1.03. The average molecular weight is 210 g/mol. The van der Waals surface area contributed by atoms with Crippen LogP contribution in [0.4, 0.5) is 0 Å². The van der Waals surface area contributed by atoms with E-state index in [1.807, 2.05) is 0 Å². The number of aromatic nitrogens is 1. The summed E-state index contributed by atoms with van der Waals surface area (Å²) in [6.07, 6.45) is 0. The van der Waals surface area contributed by atoms with Crippen LogP contribution < -0.4 is 10.9 Å². The summed E-state index contributed by atoms with van der Waals surface area (Å²) in [5.41, 5.74) is -1.12. The lowest BCUT2D eigenvalue weighted by Crippen LogP contribution is -2.27. The molecule has 6 heteroatoms. The lowest BCUT2D eigenvalue weighted by Gasteiger charge is -2.01. The Morgan fingerprint density at radius 1 is 1.47 bits per heavy atom. The fraction of sp³-hybridized carbons (Fsp3) is 0.222. The Labute approximate surface area is 84.9 Å². The summed E-state index contributed by atoms with van der Waals surface area (Å²) in [6.45, 7) is 2.17. The van der Waals surface area contributed by atoms with E-state index in [9.17, 15) is 14.4 Å². The van der Waals surface area contributed by atoms with E-state index < -0.39 is 17.4 Å². The summed E-state index contributed by atoms with van der Waals surface area (Å²) in [5.74, 6) is -1.76. The molecule has 1 heterocycles. The summed E-state index contributed by atoms with van der Waals surface area (Å²) in [5, 5.41) is 11.1. The number of carbonyl (C=O) groups is 2. The minimum atomic E-state index is -1.32. The zero-order valence-electron chi connectivity index (χ0n) is 8.03. The second-order valence-electron chi connectivity index (χ2n) is 2.78. The highest BCUT2D eigenvalue weighted by Crippen LogP contribution is 1.95. The van der Waals surface area contributed by atoms with Gasteiger partial charge in [0, 0.05) is 6.54 Å². The van der Waals surface area contributed by atoms with Crippen LogP contribution in [0, 0.1) is 0 Å². The largest absolute Gasteiger partial charge is 0.477 e. The monoisotopic (exact) mass is 210 g/mol. The Hall–Kier alpha value is -2.11. The van der Waals surface area contributed by atoms with Crippen molar-refractivity contribution in [1.82, 2.24) is 10.3 Å². The van der Waals surface area contributed by atoms with Gasteiger partial charge in [-0.25, -0.2) is 4.79 Å². The summed E-state index contributed by atoms with van der Waals surface area (Å²) in [7, 11) is 0. The van der Waals surface area contributed by atoms with Gasteiger partial charge in [0.15, 0.2) is 0 Å². The second-order valence-corrected chi connectivity index (χ2v) is 2.78. The van der Waals surface area contributed by atoms with Gasteiger partial charge >= 0.3 is 5.97 Å². The van der Waals surface area contributed by atoms with Crippen LogP contribution in [0.3, 0.4) is 0 Å². The first-order chi connectivity index (χ1) is 7.06. The van der Waals surface area contributed by atoms with Crippen LogP contribution in [0.5, 0.6) is 0 Å². The lowest BCUT2D eigenvalue weighted by molar-refractivity contribution is 0.0694. The van der Waals surface area contributed by atoms with Gasteiger partial charge < -0.3 is 15.4 Å². The third-order valence-electron chi connectivity index (χ3n) is 1.72. The molecule has 1 amide bonds. The van der Waals surface area contributed by atoms with Crippen LogP contribution in [-0.2, 0) is 0 Å². The van der Waals surface area contributed by atoms with Crippen molar-refractivity contribution >= 4 is 11.9 Å². The number of hydrogen-bond acceptors (Lipinski definition) is 3. The van der Waals surface area contributed by atoms with E-state index in [0.717, 1.165) is 6.07 Å². The van der Waals surface area contributed by atoms with Crippen LogP contribution in [0.25, 0.3) is 0 Å². The van der Waals surface area contributed by atoms with Crippen molar-refractivity contribution in [2.24, 2.45) is 0 Å². The molecule has 0 aliphatic rings. The van der Waals surface area contributed by atoms with E-state index in [2.05, 4.69) is 10.3 Å². The van der Waals surface area contributed by atoms with Crippen molar-refractivity contribution in [2.45, 2.75) is 6.92 Å².